The molecule has 0 saturated heterocycles. The molecule has 0 rings (SSSR count). The van der Waals surface area contributed by atoms with Crippen LogP contribution >= 0.6 is 0 Å². The van der Waals surface area contributed by atoms with Crippen LogP contribution in [-0.2, 0) is 14.3 Å². The zero-order valence-electron chi connectivity index (χ0n) is 13.7. The van der Waals surface area contributed by atoms with Crippen molar-refractivity contribution >= 4 is 39.7 Å². The first kappa shape index (κ1) is 25.1. The summed E-state index contributed by atoms with van der Waals surface area (Å²) in [7, 11) is -3.50. The Morgan fingerprint density at radius 1 is 0.773 bits per heavy atom. The van der Waals surface area contributed by atoms with Crippen molar-refractivity contribution < 1.29 is 17.7 Å². The molecular formula is C16H35NaO4S. The number of unbranched alkanes of at least 4 members (excludes halogenated alkanes) is 11. The molecule has 0 heterocycles. The van der Waals surface area contributed by atoms with Crippen LogP contribution in [0.25, 0.3) is 0 Å². The van der Waals surface area contributed by atoms with Crippen LogP contribution in [0.4, 0.5) is 0 Å². The van der Waals surface area contributed by atoms with E-state index in [1.807, 2.05) is 0 Å². The van der Waals surface area contributed by atoms with Gasteiger partial charge in [0, 0.05) is 0 Å². The fraction of sp³-hybridized carbons (Fsp3) is 1.00. The van der Waals surface area contributed by atoms with Crippen LogP contribution in [0.2, 0.25) is 0 Å². The summed E-state index contributed by atoms with van der Waals surface area (Å²) in [5.74, 6) is -0.300. The summed E-state index contributed by atoms with van der Waals surface area (Å²) in [5.41, 5.74) is 0. The molecule has 0 fully saturated rings. The second-order valence-electron chi connectivity index (χ2n) is 5.70. The molecule has 0 spiro atoms. The van der Waals surface area contributed by atoms with Crippen molar-refractivity contribution in [1.82, 2.24) is 0 Å². The Labute approximate surface area is 159 Å². The Balaban J connectivity index is 0. The monoisotopic (exact) mass is 346 g/mol. The number of rotatable bonds is 16. The molecule has 0 bridgehead atoms. The van der Waals surface area contributed by atoms with Crippen LogP contribution in [0.15, 0.2) is 0 Å². The SMILES string of the molecule is CCCCCCCCCCCCCCOS(=O)(=O)CCO.[NaH]. The van der Waals surface area contributed by atoms with Gasteiger partial charge in [0.15, 0.2) is 0 Å². The van der Waals surface area contributed by atoms with Crippen molar-refractivity contribution in [3.8, 4) is 0 Å². The molecule has 22 heavy (non-hydrogen) atoms. The Hall–Kier alpha value is 0.870. The van der Waals surface area contributed by atoms with Crippen LogP contribution in [-0.4, -0.2) is 62.0 Å². The third kappa shape index (κ3) is 18.9. The zero-order chi connectivity index (χ0) is 15.8. The molecule has 0 aromatic heterocycles. The summed E-state index contributed by atoms with van der Waals surface area (Å²) >= 11 is 0. The van der Waals surface area contributed by atoms with Gasteiger partial charge >= 0.3 is 29.6 Å². The molecule has 6 heteroatoms. The van der Waals surface area contributed by atoms with Gasteiger partial charge in [-0.05, 0) is 6.42 Å². The van der Waals surface area contributed by atoms with Gasteiger partial charge in [-0.3, -0.25) is 4.18 Å². The summed E-state index contributed by atoms with van der Waals surface area (Å²) in [4.78, 5) is 0. The Morgan fingerprint density at radius 3 is 1.59 bits per heavy atom. The van der Waals surface area contributed by atoms with Gasteiger partial charge in [-0.2, -0.15) is 8.42 Å². The quantitative estimate of drug-likeness (QED) is 0.264. The molecule has 0 radical (unpaired) electrons. The summed E-state index contributed by atoms with van der Waals surface area (Å²) in [6.07, 6.45) is 15.0. The van der Waals surface area contributed by atoms with Gasteiger partial charge in [0.25, 0.3) is 10.1 Å². The number of aliphatic hydroxyl groups excluding tert-OH is 1. The van der Waals surface area contributed by atoms with E-state index in [1.165, 1.54) is 57.8 Å². The summed E-state index contributed by atoms with van der Waals surface area (Å²) < 4.78 is 27.1. The molecule has 0 aliphatic carbocycles. The zero-order valence-corrected chi connectivity index (χ0v) is 14.5. The molecule has 0 aliphatic rings. The Morgan fingerprint density at radius 2 is 1.18 bits per heavy atom. The molecule has 0 aromatic rings. The van der Waals surface area contributed by atoms with E-state index < -0.39 is 10.1 Å². The maximum atomic E-state index is 11.1. The van der Waals surface area contributed by atoms with Gasteiger partial charge in [0.1, 0.15) is 0 Å². The first-order valence-electron chi connectivity index (χ1n) is 8.60. The fourth-order valence-corrected chi connectivity index (χ4v) is 3.01. The van der Waals surface area contributed by atoms with E-state index in [0.717, 1.165) is 19.3 Å². The van der Waals surface area contributed by atoms with Crippen LogP contribution in [0.1, 0.15) is 84.0 Å². The summed E-state index contributed by atoms with van der Waals surface area (Å²) in [5, 5.41) is 8.55. The van der Waals surface area contributed by atoms with Crippen molar-refractivity contribution in [2.24, 2.45) is 0 Å². The predicted molar refractivity (Wildman–Crippen MR) is 95.1 cm³/mol. The molecule has 0 unspecified atom stereocenters. The normalized spacial score (nSPS) is 11.4. The van der Waals surface area contributed by atoms with E-state index in [-0.39, 0.29) is 48.5 Å². The maximum absolute atomic E-state index is 11.1. The molecule has 130 valence electrons. The van der Waals surface area contributed by atoms with Gasteiger partial charge in [-0.1, -0.05) is 77.6 Å². The summed E-state index contributed by atoms with van der Waals surface area (Å²) in [6, 6.07) is 0. The third-order valence-electron chi connectivity index (χ3n) is 3.60. The van der Waals surface area contributed by atoms with Crippen molar-refractivity contribution in [2.45, 2.75) is 84.0 Å². The van der Waals surface area contributed by atoms with Crippen molar-refractivity contribution in [3.63, 3.8) is 0 Å². The number of aliphatic hydroxyl groups is 1. The minimum absolute atomic E-state index is 0. The topological polar surface area (TPSA) is 63.6 Å². The van der Waals surface area contributed by atoms with E-state index in [0.29, 0.717) is 0 Å². The molecule has 1 N–H and O–H groups in total. The molecule has 0 aromatic carbocycles. The summed E-state index contributed by atoms with van der Waals surface area (Å²) in [6.45, 7) is 2.12. The van der Waals surface area contributed by atoms with Gasteiger partial charge in [-0.25, -0.2) is 0 Å². The molecule has 0 saturated carbocycles. The number of hydrogen-bond acceptors (Lipinski definition) is 4. The van der Waals surface area contributed by atoms with Gasteiger partial charge < -0.3 is 5.11 Å². The molecule has 0 atom stereocenters. The third-order valence-corrected chi connectivity index (χ3v) is 4.81. The molecule has 0 amide bonds. The van der Waals surface area contributed by atoms with E-state index in [9.17, 15) is 8.42 Å². The second kappa shape index (κ2) is 18.2. The van der Waals surface area contributed by atoms with Crippen molar-refractivity contribution in [2.75, 3.05) is 19.0 Å². The minimum atomic E-state index is -3.50. The van der Waals surface area contributed by atoms with Crippen LogP contribution in [0.5, 0.6) is 0 Å². The average Bonchev–Trinajstić information content (AvgIpc) is 2.44. The van der Waals surface area contributed by atoms with E-state index in [2.05, 4.69) is 6.92 Å². The van der Waals surface area contributed by atoms with Crippen LogP contribution in [0.3, 0.4) is 0 Å². The first-order valence-corrected chi connectivity index (χ1v) is 10.2. The van der Waals surface area contributed by atoms with Crippen LogP contribution < -0.4 is 0 Å². The predicted octanol–water partition coefficient (Wildman–Crippen LogP) is 3.38. The first-order chi connectivity index (χ1) is 10.1. The molecule has 4 nitrogen and oxygen atoms in total. The molecular weight excluding hydrogens is 311 g/mol. The average molecular weight is 347 g/mol. The van der Waals surface area contributed by atoms with E-state index >= 15 is 0 Å². The van der Waals surface area contributed by atoms with Gasteiger partial charge in [0.2, 0.25) is 0 Å². The van der Waals surface area contributed by atoms with Crippen molar-refractivity contribution in [3.05, 3.63) is 0 Å². The number of hydrogen-bond donors (Lipinski definition) is 1. The Bertz CT molecular complexity index is 307. The van der Waals surface area contributed by atoms with E-state index in [4.69, 9.17) is 9.29 Å². The van der Waals surface area contributed by atoms with Crippen molar-refractivity contribution in [1.29, 1.82) is 0 Å². The second-order valence-corrected chi connectivity index (χ2v) is 7.46. The Kier molecular flexibility index (Phi) is 20.8. The van der Waals surface area contributed by atoms with Crippen LogP contribution in [0, 0.1) is 0 Å². The van der Waals surface area contributed by atoms with Gasteiger partial charge in [0.05, 0.1) is 19.0 Å². The van der Waals surface area contributed by atoms with Gasteiger partial charge in [-0.15, -0.1) is 0 Å². The van der Waals surface area contributed by atoms with E-state index in [1.54, 1.807) is 0 Å². The standard InChI is InChI=1S/C16H34O4S.Na.H/c1-2-3-4-5-6-7-8-9-10-11-12-13-15-20-21(18,19)16-14-17;;/h17H,2-16H2,1H3;;. The fourth-order valence-electron chi connectivity index (χ4n) is 2.30. The molecule has 0 aliphatic heterocycles.